The first-order valence-electron chi connectivity index (χ1n) is 6.48. The van der Waals surface area contributed by atoms with Crippen molar-refractivity contribution in [1.82, 2.24) is 10.2 Å². The van der Waals surface area contributed by atoms with Crippen LogP contribution in [0.2, 0.25) is 0 Å². The first kappa shape index (κ1) is 13.0. The molecule has 1 aromatic rings. The fourth-order valence-corrected chi connectivity index (χ4v) is 2.46. The number of amides is 1. The number of carbonyl (C=O) groups excluding carboxylic acids is 1. The SMILES string of the molecule is CCN1CCC[C@H]1CNC(=O)c1ccc(F)cc1. The van der Waals surface area contributed by atoms with Crippen molar-refractivity contribution in [3.63, 3.8) is 0 Å². The average molecular weight is 250 g/mol. The molecule has 98 valence electrons. The molecule has 1 aliphatic heterocycles. The van der Waals surface area contributed by atoms with Gasteiger partial charge in [-0.15, -0.1) is 0 Å². The summed E-state index contributed by atoms with van der Waals surface area (Å²) in [7, 11) is 0. The molecule has 4 heteroatoms. The topological polar surface area (TPSA) is 32.3 Å². The highest BCUT2D eigenvalue weighted by molar-refractivity contribution is 5.94. The number of rotatable bonds is 4. The van der Waals surface area contributed by atoms with Crippen LogP contribution in [0.3, 0.4) is 0 Å². The van der Waals surface area contributed by atoms with Gasteiger partial charge in [-0.25, -0.2) is 4.39 Å². The maximum absolute atomic E-state index is 12.7. The summed E-state index contributed by atoms with van der Waals surface area (Å²) in [6.45, 7) is 4.95. The summed E-state index contributed by atoms with van der Waals surface area (Å²) in [4.78, 5) is 14.2. The fourth-order valence-electron chi connectivity index (χ4n) is 2.46. The number of carbonyl (C=O) groups is 1. The van der Waals surface area contributed by atoms with E-state index in [1.807, 2.05) is 0 Å². The largest absolute Gasteiger partial charge is 0.350 e. The van der Waals surface area contributed by atoms with Crippen molar-refractivity contribution in [2.24, 2.45) is 0 Å². The molecule has 1 saturated heterocycles. The van der Waals surface area contributed by atoms with E-state index in [1.54, 1.807) is 0 Å². The quantitative estimate of drug-likeness (QED) is 0.887. The van der Waals surface area contributed by atoms with Gasteiger partial charge in [0.2, 0.25) is 0 Å². The van der Waals surface area contributed by atoms with E-state index in [9.17, 15) is 9.18 Å². The lowest BCUT2D eigenvalue weighted by Crippen LogP contribution is -2.40. The van der Waals surface area contributed by atoms with Gasteiger partial charge in [0.25, 0.3) is 5.91 Å². The summed E-state index contributed by atoms with van der Waals surface area (Å²) >= 11 is 0. The molecule has 1 heterocycles. The van der Waals surface area contributed by atoms with Gasteiger partial charge in [-0.05, 0) is 50.2 Å². The van der Waals surface area contributed by atoms with Gasteiger partial charge in [-0.3, -0.25) is 9.69 Å². The highest BCUT2D eigenvalue weighted by Gasteiger charge is 2.23. The highest BCUT2D eigenvalue weighted by Crippen LogP contribution is 2.15. The molecule has 0 aromatic heterocycles. The van der Waals surface area contributed by atoms with Crippen LogP contribution in [0.25, 0.3) is 0 Å². The number of nitrogens with one attached hydrogen (secondary N) is 1. The van der Waals surface area contributed by atoms with E-state index in [4.69, 9.17) is 0 Å². The van der Waals surface area contributed by atoms with E-state index in [0.717, 1.165) is 19.5 Å². The molecule has 0 bridgehead atoms. The van der Waals surface area contributed by atoms with Crippen LogP contribution in [0.4, 0.5) is 4.39 Å². The zero-order valence-corrected chi connectivity index (χ0v) is 10.7. The van der Waals surface area contributed by atoms with E-state index >= 15 is 0 Å². The van der Waals surface area contributed by atoms with Crippen molar-refractivity contribution in [3.8, 4) is 0 Å². The van der Waals surface area contributed by atoms with E-state index in [0.29, 0.717) is 18.2 Å². The minimum Gasteiger partial charge on any atom is -0.350 e. The normalized spacial score (nSPS) is 20.0. The van der Waals surface area contributed by atoms with Crippen LogP contribution >= 0.6 is 0 Å². The molecule has 1 N–H and O–H groups in total. The zero-order valence-electron chi connectivity index (χ0n) is 10.7. The second-order valence-corrected chi connectivity index (χ2v) is 4.64. The van der Waals surface area contributed by atoms with Crippen molar-refractivity contribution < 1.29 is 9.18 Å². The summed E-state index contributed by atoms with van der Waals surface area (Å²) in [5.41, 5.74) is 0.512. The zero-order chi connectivity index (χ0) is 13.0. The van der Waals surface area contributed by atoms with E-state index < -0.39 is 0 Å². The summed E-state index contributed by atoms with van der Waals surface area (Å²) in [6.07, 6.45) is 2.34. The predicted octanol–water partition coefficient (Wildman–Crippen LogP) is 2.04. The van der Waals surface area contributed by atoms with Crippen LogP contribution in [0.5, 0.6) is 0 Å². The van der Waals surface area contributed by atoms with Crippen LogP contribution in [0, 0.1) is 5.82 Å². The highest BCUT2D eigenvalue weighted by atomic mass is 19.1. The Balaban J connectivity index is 1.86. The van der Waals surface area contributed by atoms with Gasteiger partial charge < -0.3 is 5.32 Å². The van der Waals surface area contributed by atoms with Gasteiger partial charge >= 0.3 is 0 Å². The number of halogens is 1. The summed E-state index contributed by atoms with van der Waals surface area (Å²) < 4.78 is 12.7. The molecule has 0 unspecified atom stereocenters. The van der Waals surface area contributed by atoms with Gasteiger partial charge in [0.15, 0.2) is 0 Å². The van der Waals surface area contributed by atoms with Gasteiger partial charge in [0.1, 0.15) is 5.82 Å². The maximum Gasteiger partial charge on any atom is 0.251 e. The lowest BCUT2D eigenvalue weighted by molar-refractivity contribution is 0.0941. The first-order valence-corrected chi connectivity index (χ1v) is 6.48. The van der Waals surface area contributed by atoms with Crippen LogP contribution in [0.1, 0.15) is 30.1 Å². The van der Waals surface area contributed by atoms with Crippen molar-refractivity contribution in [3.05, 3.63) is 35.6 Å². The molecule has 1 aromatic carbocycles. The molecule has 18 heavy (non-hydrogen) atoms. The third-order valence-corrected chi connectivity index (χ3v) is 3.51. The van der Waals surface area contributed by atoms with Crippen LogP contribution in [0.15, 0.2) is 24.3 Å². The summed E-state index contributed by atoms with van der Waals surface area (Å²) in [5.74, 6) is -0.447. The minimum atomic E-state index is -0.320. The van der Waals surface area contributed by atoms with E-state index in [2.05, 4.69) is 17.1 Å². The number of hydrogen-bond donors (Lipinski definition) is 1. The lowest BCUT2D eigenvalue weighted by atomic mass is 10.2. The Kier molecular flexibility index (Phi) is 4.31. The molecular formula is C14H19FN2O. The number of hydrogen-bond acceptors (Lipinski definition) is 2. The molecule has 1 amide bonds. The fraction of sp³-hybridized carbons (Fsp3) is 0.500. The number of nitrogens with zero attached hydrogens (tertiary/aromatic N) is 1. The second-order valence-electron chi connectivity index (χ2n) is 4.64. The number of likely N-dealkylation sites (N-methyl/N-ethyl adjacent to an activating group) is 1. The molecule has 0 spiro atoms. The Morgan fingerprint density at radius 3 is 2.83 bits per heavy atom. The van der Waals surface area contributed by atoms with Crippen molar-refractivity contribution in [2.45, 2.75) is 25.8 Å². The molecule has 2 rings (SSSR count). The Labute approximate surface area is 107 Å². The predicted molar refractivity (Wildman–Crippen MR) is 69.0 cm³/mol. The third-order valence-electron chi connectivity index (χ3n) is 3.51. The number of benzene rings is 1. The molecular weight excluding hydrogens is 231 g/mol. The Bertz CT molecular complexity index is 405. The molecule has 0 aliphatic carbocycles. The van der Waals surface area contributed by atoms with Crippen molar-refractivity contribution in [2.75, 3.05) is 19.6 Å². The molecule has 0 radical (unpaired) electrons. The summed E-state index contributed by atoms with van der Waals surface area (Å²) in [5, 5.41) is 2.92. The van der Waals surface area contributed by atoms with Crippen LogP contribution < -0.4 is 5.32 Å². The average Bonchev–Trinajstić information content (AvgIpc) is 2.84. The minimum absolute atomic E-state index is 0.127. The summed E-state index contributed by atoms with van der Waals surface area (Å²) in [6, 6.07) is 6.08. The monoisotopic (exact) mass is 250 g/mol. The standard InChI is InChI=1S/C14H19FN2O/c1-2-17-9-3-4-13(17)10-16-14(18)11-5-7-12(15)8-6-11/h5-8,13H,2-4,9-10H2,1H3,(H,16,18)/t13-/m0/s1. The molecule has 3 nitrogen and oxygen atoms in total. The number of likely N-dealkylation sites (tertiary alicyclic amines) is 1. The molecule has 1 fully saturated rings. The Morgan fingerprint density at radius 2 is 2.17 bits per heavy atom. The van der Waals surface area contributed by atoms with Crippen molar-refractivity contribution in [1.29, 1.82) is 0 Å². The first-order chi connectivity index (χ1) is 8.70. The molecule has 1 atom stereocenters. The van der Waals surface area contributed by atoms with E-state index in [1.165, 1.54) is 30.7 Å². The van der Waals surface area contributed by atoms with Gasteiger partial charge in [-0.1, -0.05) is 6.92 Å². The molecule has 1 aliphatic rings. The lowest BCUT2D eigenvalue weighted by Gasteiger charge is -2.22. The smallest absolute Gasteiger partial charge is 0.251 e. The van der Waals surface area contributed by atoms with Gasteiger partial charge in [-0.2, -0.15) is 0 Å². The van der Waals surface area contributed by atoms with Gasteiger partial charge in [0, 0.05) is 18.2 Å². The Morgan fingerprint density at radius 1 is 1.44 bits per heavy atom. The maximum atomic E-state index is 12.7. The van der Waals surface area contributed by atoms with E-state index in [-0.39, 0.29) is 11.7 Å². The van der Waals surface area contributed by atoms with Crippen LogP contribution in [-0.2, 0) is 0 Å². The second kappa shape index (κ2) is 5.96. The van der Waals surface area contributed by atoms with Crippen molar-refractivity contribution >= 4 is 5.91 Å². The Hall–Kier alpha value is -1.42. The van der Waals surface area contributed by atoms with Crippen LogP contribution in [-0.4, -0.2) is 36.5 Å². The third kappa shape index (κ3) is 3.07. The van der Waals surface area contributed by atoms with Gasteiger partial charge in [0.05, 0.1) is 0 Å². The molecule has 0 saturated carbocycles.